The van der Waals surface area contributed by atoms with E-state index in [9.17, 15) is 18.8 Å². The van der Waals surface area contributed by atoms with Crippen molar-refractivity contribution in [2.24, 2.45) is 0 Å². The van der Waals surface area contributed by atoms with Crippen molar-refractivity contribution in [3.63, 3.8) is 0 Å². The minimum absolute atomic E-state index is 0.0387. The van der Waals surface area contributed by atoms with Gasteiger partial charge in [-0.1, -0.05) is 42.5 Å². The van der Waals surface area contributed by atoms with Crippen LogP contribution in [0.4, 0.5) is 20.6 Å². The number of ketones is 1. The Morgan fingerprint density at radius 1 is 1.00 bits per heavy atom. The summed E-state index contributed by atoms with van der Waals surface area (Å²) in [5.74, 6) is 1.03. The fraction of sp³-hybridized carbons (Fsp3) is 0.321. The molecule has 2 fully saturated rings. The van der Waals surface area contributed by atoms with Crippen LogP contribution in [-0.4, -0.2) is 61.6 Å². The van der Waals surface area contributed by atoms with Crippen molar-refractivity contribution < 1.29 is 23.5 Å². The fourth-order valence-corrected chi connectivity index (χ4v) is 5.60. The number of para-hydroxylation sites is 1. The summed E-state index contributed by atoms with van der Waals surface area (Å²) >= 11 is 1.82. The van der Waals surface area contributed by atoms with Gasteiger partial charge >= 0.3 is 6.09 Å². The Labute approximate surface area is 218 Å². The smallest absolute Gasteiger partial charge is 0.414 e. The molecule has 7 nitrogen and oxygen atoms in total. The van der Waals surface area contributed by atoms with Crippen LogP contribution in [0.25, 0.3) is 10.8 Å². The van der Waals surface area contributed by atoms with E-state index < -0.39 is 12.2 Å². The number of hydrogen-bond donors (Lipinski definition) is 1. The predicted octanol–water partition coefficient (Wildman–Crippen LogP) is 4.64. The lowest BCUT2D eigenvalue weighted by atomic mass is 10.0. The van der Waals surface area contributed by atoms with E-state index in [1.807, 2.05) is 53.1 Å². The van der Waals surface area contributed by atoms with Crippen molar-refractivity contribution in [2.75, 3.05) is 47.5 Å². The Hall–Kier alpha value is -3.59. The van der Waals surface area contributed by atoms with Gasteiger partial charge in [0.1, 0.15) is 11.9 Å². The third-order valence-corrected chi connectivity index (χ3v) is 7.58. The third kappa shape index (κ3) is 5.72. The van der Waals surface area contributed by atoms with Crippen LogP contribution >= 0.6 is 11.8 Å². The number of hydrogen-bond acceptors (Lipinski definition) is 6. The van der Waals surface area contributed by atoms with Crippen molar-refractivity contribution in [3.05, 3.63) is 72.0 Å². The van der Waals surface area contributed by atoms with E-state index in [0.717, 1.165) is 22.3 Å². The minimum atomic E-state index is -0.569. The summed E-state index contributed by atoms with van der Waals surface area (Å²) in [5.41, 5.74) is 1.47. The minimum Gasteiger partial charge on any atom is -0.442 e. The second-order valence-corrected chi connectivity index (χ2v) is 10.3. The molecule has 9 heteroatoms. The summed E-state index contributed by atoms with van der Waals surface area (Å²) < 4.78 is 20.3. The number of cyclic esters (lactones) is 1. The standard InChI is InChI=1S/C28H28FN3O4S/c29-23-6-3-7-24(27(23)31-12-14-37-15-13-31)32-18-22(36-28(32)35)17-30-26(34)11-10-25(33)21-9-8-19-4-1-2-5-20(19)16-21/h1-9,16,22H,10-15,17-18H2,(H,30,34)/t22-/m0/s1. The second kappa shape index (κ2) is 11.2. The zero-order chi connectivity index (χ0) is 25.8. The molecule has 5 rings (SSSR count). The molecule has 1 N–H and O–H groups in total. The number of anilines is 2. The van der Waals surface area contributed by atoms with Gasteiger partial charge in [-0.3, -0.25) is 14.5 Å². The van der Waals surface area contributed by atoms with Crippen molar-refractivity contribution >= 4 is 51.7 Å². The molecular formula is C28H28FN3O4S. The van der Waals surface area contributed by atoms with Gasteiger partial charge in [0, 0.05) is 43.0 Å². The molecule has 0 radical (unpaired) electrons. The van der Waals surface area contributed by atoms with Crippen LogP contribution in [0.5, 0.6) is 0 Å². The second-order valence-electron chi connectivity index (χ2n) is 9.11. The molecular weight excluding hydrogens is 493 g/mol. The SMILES string of the molecule is O=C(CCC(=O)c1ccc2ccccc2c1)NC[C@H]1CN(c2cccc(F)c2N2CCSCC2)C(=O)O1. The number of halogens is 1. The number of rotatable bonds is 8. The van der Waals surface area contributed by atoms with Gasteiger partial charge in [-0.15, -0.1) is 0 Å². The number of nitrogens with zero attached hydrogens (tertiary/aromatic N) is 2. The maximum atomic E-state index is 14.8. The van der Waals surface area contributed by atoms with Gasteiger partial charge < -0.3 is 15.0 Å². The number of ether oxygens (including phenoxy) is 1. The van der Waals surface area contributed by atoms with Crippen LogP contribution in [0, 0.1) is 5.82 Å². The average Bonchev–Trinajstić information content (AvgIpc) is 3.30. The highest BCUT2D eigenvalue weighted by Crippen LogP contribution is 2.35. The molecule has 2 amide bonds. The number of benzene rings is 3. The number of fused-ring (bicyclic) bond motifs is 1. The number of carbonyl (C=O) groups excluding carboxylic acids is 3. The topological polar surface area (TPSA) is 79.0 Å². The Bertz CT molecular complexity index is 1330. The summed E-state index contributed by atoms with van der Waals surface area (Å²) in [6.07, 6.45) is -1.01. The van der Waals surface area contributed by atoms with E-state index in [1.54, 1.807) is 18.2 Å². The number of carbonyl (C=O) groups is 3. The number of thioether (sulfide) groups is 1. The molecule has 3 aromatic rings. The average molecular weight is 522 g/mol. The fourth-order valence-electron chi connectivity index (χ4n) is 4.70. The molecule has 0 spiro atoms. The van der Waals surface area contributed by atoms with Crippen LogP contribution in [0.2, 0.25) is 0 Å². The molecule has 192 valence electrons. The first-order chi connectivity index (χ1) is 18.0. The first-order valence-corrected chi connectivity index (χ1v) is 13.5. The van der Waals surface area contributed by atoms with Gasteiger partial charge in [0.15, 0.2) is 5.78 Å². The molecule has 0 aromatic heterocycles. The highest BCUT2D eigenvalue weighted by molar-refractivity contribution is 7.99. The highest BCUT2D eigenvalue weighted by Gasteiger charge is 2.35. The van der Waals surface area contributed by atoms with Gasteiger partial charge in [-0.05, 0) is 29.0 Å². The molecule has 1 atom stereocenters. The Kier molecular flexibility index (Phi) is 7.60. The first kappa shape index (κ1) is 25.1. The zero-order valence-corrected chi connectivity index (χ0v) is 21.1. The lowest BCUT2D eigenvalue weighted by molar-refractivity contribution is -0.121. The predicted molar refractivity (Wildman–Crippen MR) is 144 cm³/mol. The summed E-state index contributed by atoms with van der Waals surface area (Å²) in [6, 6.07) is 18.0. The van der Waals surface area contributed by atoms with Crippen LogP contribution < -0.4 is 15.1 Å². The maximum absolute atomic E-state index is 14.8. The molecule has 2 aliphatic rings. The lowest BCUT2D eigenvalue weighted by Crippen LogP contribution is -2.36. The van der Waals surface area contributed by atoms with E-state index in [-0.39, 0.29) is 43.4 Å². The normalized spacial score (nSPS) is 17.6. The van der Waals surface area contributed by atoms with Gasteiger partial charge in [-0.2, -0.15) is 11.8 Å². The van der Waals surface area contributed by atoms with Crippen molar-refractivity contribution in [1.29, 1.82) is 0 Å². The van der Waals surface area contributed by atoms with Crippen LogP contribution in [-0.2, 0) is 9.53 Å². The van der Waals surface area contributed by atoms with E-state index >= 15 is 0 Å². The van der Waals surface area contributed by atoms with Gasteiger partial charge in [-0.25, -0.2) is 9.18 Å². The van der Waals surface area contributed by atoms with Gasteiger partial charge in [0.25, 0.3) is 0 Å². The molecule has 2 aliphatic heterocycles. The number of Topliss-reactive ketones (excluding diaryl/α,β-unsaturated/α-hetero) is 1. The summed E-state index contributed by atoms with van der Waals surface area (Å²) in [4.78, 5) is 41.0. The maximum Gasteiger partial charge on any atom is 0.414 e. The van der Waals surface area contributed by atoms with Crippen molar-refractivity contribution in [1.82, 2.24) is 5.32 Å². The Morgan fingerprint density at radius 2 is 1.78 bits per heavy atom. The zero-order valence-electron chi connectivity index (χ0n) is 20.3. The molecule has 37 heavy (non-hydrogen) atoms. The molecule has 2 saturated heterocycles. The molecule has 0 saturated carbocycles. The third-order valence-electron chi connectivity index (χ3n) is 6.64. The van der Waals surface area contributed by atoms with E-state index in [1.165, 1.54) is 11.0 Å². The summed E-state index contributed by atoms with van der Waals surface area (Å²) in [7, 11) is 0. The van der Waals surface area contributed by atoms with Gasteiger partial charge in [0.05, 0.1) is 24.5 Å². The molecule has 0 bridgehead atoms. The summed E-state index contributed by atoms with van der Waals surface area (Å²) in [6.45, 7) is 1.74. The van der Waals surface area contributed by atoms with E-state index in [2.05, 4.69) is 5.32 Å². The first-order valence-electron chi connectivity index (χ1n) is 12.4. The largest absolute Gasteiger partial charge is 0.442 e. The van der Waals surface area contributed by atoms with Crippen LogP contribution in [0.1, 0.15) is 23.2 Å². The molecule has 2 heterocycles. The quantitative estimate of drug-likeness (QED) is 0.436. The van der Waals surface area contributed by atoms with E-state index in [0.29, 0.717) is 30.0 Å². The monoisotopic (exact) mass is 521 g/mol. The Balaban J connectivity index is 1.15. The highest BCUT2D eigenvalue weighted by atomic mass is 32.2. The van der Waals surface area contributed by atoms with Crippen LogP contribution in [0.3, 0.4) is 0 Å². The van der Waals surface area contributed by atoms with Crippen molar-refractivity contribution in [3.8, 4) is 0 Å². The lowest BCUT2D eigenvalue weighted by Gasteiger charge is -2.32. The number of nitrogens with one attached hydrogen (secondary N) is 1. The molecule has 3 aromatic carbocycles. The van der Waals surface area contributed by atoms with Crippen molar-refractivity contribution in [2.45, 2.75) is 18.9 Å². The molecule has 0 unspecified atom stereocenters. The molecule has 0 aliphatic carbocycles. The number of amides is 2. The Morgan fingerprint density at radius 3 is 2.59 bits per heavy atom. The van der Waals surface area contributed by atoms with Gasteiger partial charge in [0.2, 0.25) is 5.91 Å². The van der Waals surface area contributed by atoms with Crippen LogP contribution in [0.15, 0.2) is 60.7 Å². The summed E-state index contributed by atoms with van der Waals surface area (Å²) in [5, 5.41) is 4.79. The van der Waals surface area contributed by atoms with E-state index in [4.69, 9.17) is 4.74 Å².